The smallest absolute Gasteiger partial charge is 0.317 e. The van der Waals surface area contributed by atoms with Gasteiger partial charge in [0.25, 0.3) is 5.91 Å². The molecular formula is C29H36Cl2N4O3. The highest BCUT2D eigenvalue weighted by Crippen LogP contribution is 2.46. The molecule has 3 aliphatic heterocycles. The van der Waals surface area contributed by atoms with Gasteiger partial charge in [0.15, 0.2) is 0 Å². The minimum Gasteiger partial charge on any atom is -0.494 e. The van der Waals surface area contributed by atoms with Crippen LogP contribution in [0, 0.1) is 0 Å². The molecule has 3 heterocycles. The number of piperidine rings is 1. The van der Waals surface area contributed by atoms with Crippen LogP contribution in [-0.4, -0.2) is 79.1 Å². The van der Waals surface area contributed by atoms with Gasteiger partial charge in [-0.05, 0) is 74.5 Å². The minimum absolute atomic E-state index is 0.0113. The molecule has 2 aromatic rings. The van der Waals surface area contributed by atoms with Crippen LogP contribution in [0.3, 0.4) is 0 Å². The van der Waals surface area contributed by atoms with E-state index in [0.717, 1.165) is 69.5 Å². The fourth-order valence-corrected chi connectivity index (χ4v) is 6.58. The number of fused-ring (bicyclic) bond motifs is 1. The van der Waals surface area contributed by atoms with E-state index in [-0.39, 0.29) is 23.9 Å². The molecule has 0 aliphatic carbocycles. The van der Waals surface area contributed by atoms with E-state index < -0.39 is 0 Å². The van der Waals surface area contributed by atoms with Crippen molar-refractivity contribution in [3.8, 4) is 5.75 Å². The summed E-state index contributed by atoms with van der Waals surface area (Å²) in [5.74, 6) is 0.769. The Morgan fingerprint density at radius 2 is 1.84 bits per heavy atom. The Labute approximate surface area is 235 Å². The predicted octanol–water partition coefficient (Wildman–Crippen LogP) is 5.57. The Morgan fingerprint density at radius 1 is 1.05 bits per heavy atom. The average molecular weight is 560 g/mol. The molecule has 2 fully saturated rings. The van der Waals surface area contributed by atoms with Gasteiger partial charge in [0, 0.05) is 50.7 Å². The van der Waals surface area contributed by atoms with E-state index in [1.165, 1.54) is 0 Å². The zero-order valence-electron chi connectivity index (χ0n) is 22.1. The molecule has 0 bridgehead atoms. The number of urea groups is 1. The second-order valence-electron chi connectivity index (χ2n) is 10.5. The number of carbonyl (C=O) groups is 2. The van der Waals surface area contributed by atoms with Crippen LogP contribution in [0.5, 0.6) is 5.75 Å². The molecule has 2 unspecified atom stereocenters. The zero-order valence-corrected chi connectivity index (χ0v) is 23.6. The van der Waals surface area contributed by atoms with Gasteiger partial charge >= 0.3 is 6.03 Å². The number of nitrogens with one attached hydrogen (secondary N) is 1. The van der Waals surface area contributed by atoms with Crippen LogP contribution >= 0.6 is 23.2 Å². The summed E-state index contributed by atoms with van der Waals surface area (Å²) in [6, 6.07) is 12.0. The highest BCUT2D eigenvalue weighted by molar-refractivity contribution is 6.42. The molecule has 2 aromatic carbocycles. The third kappa shape index (κ3) is 5.47. The fraction of sp³-hybridized carbons (Fsp3) is 0.517. The average Bonchev–Trinajstić information content (AvgIpc) is 3.16. The summed E-state index contributed by atoms with van der Waals surface area (Å²) in [5, 5.41) is 4.02. The lowest BCUT2D eigenvalue weighted by Crippen LogP contribution is -2.54. The number of likely N-dealkylation sites (tertiary alicyclic amines) is 1. The first-order valence-electron chi connectivity index (χ1n) is 13.6. The molecule has 2 atom stereocenters. The Morgan fingerprint density at radius 3 is 2.55 bits per heavy atom. The number of nitrogens with zero attached hydrogens (tertiary/aromatic N) is 3. The molecule has 38 heavy (non-hydrogen) atoms. The van der Waals surface area contributed by atoms with Crippen LogP contribution in [0.2, 0.25) is 10.0 Å². The van der Waals surface area contributed by atoms with Crippen molar-refractivity contribution in [2.24, 2.45) is 0 Å². The fourth-order valence-electron chi connectivity index (χ4n) is 6.27. The second-order valence-corrected chi connectivity index (χ2v) is 11.3. The summed E-state index contributed by atoms with van der Waals surface area (Å²) in [4.78, 5) is 32.0. The van der Waals surface area contributed by atoms with E-state index in [1.54, 1.807) is 0 Å². The monoisotopic (exact) mass is 558 g/mol. The number of carbonyl (C=O) groups excluding carboxylic acids is 2. The standard InChI is InChI=1S/C29H36Cl2N4O3/c1-3-38-21-6-7-23-24(18-21)28(36)33(2)27(23)22(19-5-8-25(30)26(31)17-19)11-16-34-14-9-20(10-15-34)35-13-4-12-32-29(35)37/h5-8,17-18,20,22,27H,3-4,9-16H2,1-2H3,(H,32,37). The number of hydrogen-bond donors (Lipinski definition) is 1. The van der Waals surface area contributed by atoms with Gasteiger partial charge in [0.1, 0.15) is 5.75 Å². The van der Waals surface area contributed by atoms with Gasteiger partial charge < -0.3 is 24.8 Å². The van der Waals surface area contributed by atoms with Crippen molar-refractivity contribution < 1.29 is 14.3 Å². The molecule has 0 spiro atoms. The lowest BCUT2D eigenvalue weighted by molar-refractivity contribution is 0.0740. The first-order valence-corrected chi connectivity index (χ1v) is 14.4. The van der Waals surface area contributed by atoms with Crippen LogP contribution < -0.4 is 10.1 Å². The summed E-state index contributed by atoms with van der Waals surface area (Å²) < 4.78 is 5.67. The second kappa shape index (κ2) is 11.7. The van der Waals surface area contributed by atoms with Crippen molar-refractivity contribution in [3.05, 3.63) is 63.1 Å². The van der Waals surface area contributed by atoms with E-state index in [0.29, 0.717) is 34.0 Å². The van der Waals surface area contributed by atoms with Crippen molar-refractivity contribution in [1.82, 2.24) is 20.0 Å². The summed E-state index contributed by atoms with van der Waals surface area (Å²) in [6.07, 6.45) is 3.84. The maximum atomic E-state index is 13.3. The number of rotatable bonds is 8. The SMILES string of the molecule is CCOc1ccc2c(c1)C(=O)N(C)C2C(CCN1CCC(N2CCCNC2=O)CC1)c1ccc(Cl)c(Cl)c1. The molecule has 3 amide bonds. The molecule has 1 N–H and O–H groups in total. The molecular weight excluding hydrogens is 523 g/mol. The molecule has 5 rings (SSSR count). The molecule has 2 saturated heterocycles. The normalized spacial score (nSPS) is 21.4. The third-order valence-electron chi connectivity index (χ3n) is 8.24. The van der Waals surface area contributed by atoms with Crippen LogP contribution in [-0.2, 0) is 0 Å². The number of amides is 3. The third-order valence-corrected chi connectivity index (χ3v) is 8.98. The lowest BCUT2D eigenvalue weighted by Gasteiger charge is -2.40. The van der Waals surface area contributed by atoms with E-state index in [2.05, 4.69) is 10.2 Å². The number of halogens is 2. The number of likely N-dealkylation sites (N-methyl/N-ethyl adjacent to an activating group) is 1. The molecule has 7 nitrogen and oxygen atoms in total. The number of hydrogen-bond acceptors (Lipinski definition) is 4. The van der Waals surface area contributed by atoms with Gasteiger partial charge in [-0.15, -0.1) is 0 Å². The highest BCUT2D eigenvalue weighted by atomic mass is 35.5. The zero-order chi connectivity index (χ0) is 26.8. The topological polar surface area (TPSA) is 65.1 Å². The van der Waals surface area contributed by atoms with Gasteiger partial charge in [-0.3, -0.25) is 4.79 Å². The summed E-state index contributed by atoms with van der Waals surface area (Å²) in [5.41, 5.74) is 2.80. The Hall–Kier alpha value is -2.48. The number of ether oxygens (including phenoxy) is 1. The molecule has 0 aromatic heterocycles. The summed E-state index contributed by atoms with van der Waals surface area (Å²) in [6.45, 7) is 6.92. The lowest BCUT2D eigenvalue weighted by atomic mass is 9.84. The largest absolute Gasteiger partial charge is 0.494 e. The molecule has 0 radical (unpaired) electrons. The molecule has 3 aliphatic rings. The van der Waals surface area contributed by atoms with E-state index in [4.69, 9.17) is 27.9 Å². The quantitative estimate of drug-likeness (QED) is 0.459. The Balaban J connectivity index is 1.34. The predicted molar refractivity (Wildman–Crippen MR) is 150 cm³/mol. The first-order chi connectivity index (χ1) is 18.4. The first kappa shape index (κ1) is 27.1. The number of benzene rings is 2. The minimum atomic E-state index is -0.111. The van der Waals surface area contributed by atoms with Crippen molar-refractivity contribution in [3.63, 3.8) is 0 Å². The maximum Gasteiger partial charge on any atom is 0.317 e. The summed E-state index contributed by atoms with van der Waals surface area (Å²) >= 11 is 12.7. The maximum absolute atomic E-state index is 13.3. The van der Waals surface area contributed by atoms with Crippen molar-refractivity contribution in [1.29, 1.82) is 0 Å². The van der Waals surface area contributed by atoms with Gasteiger partial charge in [0.2, 0.25) is 0 Å². The van der Waals surface area contributed by atoms with Crippen molar-refractivity contribution in [2.75, 3.05) is 46.4 Å². The summed E-state index contributed by atoms with van der Waals surface area (Å²) in [7, 11) is 1.88. The van der Waals surface area contributed by atoms with Gasteiger partial charge in [-0.2, -0.15) is 0 Å². The van der Waals surface area contributed by atoms with Crippen LogP contribution in [0.1, 0.15) is 66.1 Å². The van der Waals surface area contributed by atoms with Crippen molar-refractivity contribution >= 4 is 35.1 Å². The van der Waals surface area contributed by atoms with Crippen LogP contribution in [0.15, 0.2) is 36.4 Å². The highest BCUT2D eigenvalue weighted by Gasteiger charge is 2.40. The van der Waals surface area contributed by atoms with Crippen molar-refractivity contribution in [2.45, 2.75) is 50.6 Å². The molecule has 204 valence electrons. The van der Waals surface area contributed by atoms with Crippen LogP contribution in [0.25, 0.3) is 0 Å². The Bertz CT molecular complexity index is 1180. The van der Waals surface area contributed by atoms with E-state index in [9.17, 15) is 9.59 Å². The molecule has 9 heteroatoms. The van der Waals surface area contributed by atoms with Gasteiger partial charge in [-0.25, -0.2) is 4.79 Å². The van der Waals surface area contributed by atoms with Gasteiger partial charge in [-0.1, -0.05) is 35.3 Å². The Kier molecular flexibility index (Phi) is 8.36. The van der Waals surface area contributed by atoms with E-state index >= 15 is 0 Å². The van der Waals surface area contributed by atoms with Gasteiger partial charge in [0.05, 0.1) is 22.7 Å². The van der Waals surface area contributed by atoms with E-state index in [1.807, 2.05) is 60.2 Å². The van der Waals surface area contributed by atoms with Crippen LogP contribution in [0.4, 0.5) is 4.79 Å². The molecule has 0 saturated carbocycles.